The first-order valence-corrected chi connectivity index (χ1v) is 7.85. The molecular weight excluding hydrogens is 264 g/mol. The molecule has 0 bridgehead atoms. The molecule has 0 amide bonds. The van der Waals surface area contributed by atoms with Crippen LogP contribution >= 0.6 is 0 Å². The second-order valence-corrected chi connectivity index (χ2v) is 7.28. The summed E-state index contributed by atoms with van der Waals surface area (Å²) in [5.74, 6) is 1.23. The first-order valence-electron chi connectivity index (χ1n) is 7.85. The maximum absolute atomic E-state index is 5.85. The van der Waals surface area contributed by atoms with Crippen molar-refractivity contribution in [1.82, 2.24) is 15.1 Å². The van der Waals surface area contributed by atoms with Crippen molar-refractivity contribution in [3.8, 4) is 0 Å². The van der Waals surface area contributed by atoms with Crippen molar-refractivity contribution >= 4 is 5.82 Å². The van der Waals surface area contributed by atoms with Crippen LogP contribution in [0.25, 0.3) is 0 Å². The number of rotatable bonds is 3. The molecule has 0 radical (unpaired) electrons. The Kier molecular flexibility index (Phi) is 4.63. The Morgan fingerprint density at radius 2 is 1.81 bits per heavy atom. The molecule has 5 nitrogen and oxygen atoms in total. The molecule has 2 atom stereocenters. The molecule has 0 spiro atoms. The number of morpholine rings is 1. The molecule has 1 fully saturated rings. The van der Waals surface area contributed by atoms with Crippen LogP contribution in [0.15, 0.2) is 0 Å². The predicted octanol–water partition coefficient (Wildman–Crippen LogP) is 2.23. The van der Waals surface area contributed by atoms with Gasteiger partial charge in [0, 0.05) is 37.8 Å². The lowest BCUT2D eigenvalue weighted by Gasteiger charge is -2.37. The summed E-state index contributed by atoms with van der Waals surface area (Å²) in [6.45, 7) is 15.6. The van der Waals surface area contributed by atoms with Gasteiger partial charge in [-0.2, -0.15) is 5.10 Å². The Balaban J connectivity index is 2.25. The highest BCUT2D eigenvalue weighted by molar-refractivity contribution is 5.50. The summed E-state index contributed by atoms with van der Waals surface area (Å²) in [4.78, 5) is 2.42. The van der Waals surface area contributed by atoms with Crippen LogP contribution < -0.4 is 10.2 Å². The average Bonchev–Trinajstić information content (AvgIpc) is 2.58. The van der Waals surface area contributed by atoms with Crippen LogP contribution in [-0.4, -0.2) is 40.6 Å². The smallest absolute Gasteiger partial charge is 0.131 e. The largest absolute Gasteiger partial charge is 0.372 e. The van der Waals surface area contributed by atoms with Crippen LogP contribution in [0.1, 0.15) is 45.9 Å². The van der Waals surface area contributed by atoms with E-state index >= 15 is 0 Å². The number of hydrogen-bond acceptors (Lipinski definition) is 4. The van der Waals surface area contributed by atoms with Gasteiger partial charge in [-0.3, -0.25) is 4.68 Å². The number of nitrogens with one attached hydrogen (secondary N) is 1. The Morgan fingerprint density at radius 1 is 1.24 bits per heavy atom. The van der Waals surface area contributed by atoms with Gasteiger partial charge in [-0.1, -0.05) is 0 Å². The number of ether oxygens (including phenoxy) is 1. The van der Waals surface area contributed by atoms with Crippen LogP contribution in [-0.2, 0) is 18.3 Å². The van der Waals surface area contributed by atoms with Crippen LogP contribution in [0.4, 0.5) is 5.82 Å². The van der Waals surface area contributed by atoms with Gasteiger partial charge in [0.15, 0.2) is 0 Å². The molecule has 0 aromatic carbocycles. The quantitative estimate of drug-likeness (QED) is 0.928. The van der Waals surface area contributed by atoms with E-state index in [-0.39, 0.29) is 17.7 Å². The van der Waals surface area contributed by atoms with Crippen LogP contribution in [0.5, 0.6) is 0 Å². The molecule has 0 saturated carbocycles. The minimum absolute atomic E-state index is 0.102. The van der Waals surface area contributed by atoms with E-state index in [0.29, 0.717) is 0 Å². The van der Waals surface area contributed by atoms with Gasteiger partial charge >= 0.3 is 0 Å². The third-order valence-corrected chi connectivity index (χ3v) is 3.83. The maximum atomic E-state index is 5.85. The molecule has 0 aliphatic carbocycles. The van der Waals surface area contributed by atoms with Crippen molar-refractivity contribution in [1.29, 1.82) is 0 Å². The SMILES string of the molecule is Cc1nn(C)c(N2C[C@@H](C)O[C@@H](C)C2)c1CNC(C)(C)C. The lowest BCUT2D eigenvalue weighted by atomic mass is 10.1. The molecule has 21 heavy (non-hydrogen) atoms. The molecule has 120 valence electrons. The fraction of sp³-hybridized carbons (Fsp3) is 0.812. The monoisotopic (exact) mass is 294 g/mol. The number of hydrogen-bond donors (Lipinski definition) is 1. The van der Waals surface area contributed by atoms with Gasteiger partial charge in [0.25, 0.3) is 0 Å². The van der Waals surface area contributed by atoms with E-state index in [9.17, 15) is 0 Å². The first kappa shape index (κ1) is 16.3. The van der Waals surface area contributed by atoms with Gasteiger partial charge < -0.3 is 15.0 Å². The summed E-state index contributed by atoms with van der Waals surface area (Å²) >= 11 is 0. The molecule has 5 heteroatoms. The number of aryl methyl sites for hydroxylation is 2. The van der Waals surface area contributed by atoms with E-state index in [4.69, 9.17) is 4.74 Å². The van der Waals surface area contributed by atoms with Gasteiger partial charge in [-0.25, -0.2) is 0 Å². The van der Waals surface area contributed by atoms with Crippen molar-refractivity contribution in [2.75, 3.05) is 18.0 Å². The molecule has 1 saturated heterocycles. The second-order valence-electron chi connectivity index (χ2n) is 7.28. The molecule has 2 heterocycles. The van der Waals surface area contributed by atoms with Crippen molar-refractivity contribution < 1.29 is 4.74 Å². The number of nitrogens with zero attached hydrogens (tertiary/aromatic N) is 3. The van der Waals surface area contributed by atoms with Crippen molar-refractivity contribution in [3.63, 3.8) is 0 Å². The fourth-order valence-electron chi connectivity index (χ4n) is 3.00. The molecule has 2 rings (SSSR count). The van der Waals surface area contributed by atoms with Crippen LogP contribution in [0.3, 0.4) is 0 Å². The highest BCUT2D eigenvalue weighted by Gasteiger charge is 2.27. The molecule has 0 unspecified atom stereocenters. The van der Waals surface area contributed by atoms with Crippen LogP contribution in [0.2, 0.25) is 0 Å². The van der Waals surface area contributed by atoms with E-state index < -0.39 is 0 Å². The zero-order valence-electron chi connectivity index (χ0n) is 14.5. The molecule has 1 aliphatic heterocycles. The Labute approximate surface area is 128 Å². The molecule has 1 aromatic heterocycles. The fourth-order valence-corrected chi connectivity index (χ4v) is 3.00. The van der Waals surface area contributed by atoms with Gasteiger partial charge in [0.2, 0.25) is 0 Å². The van der Waals surface area contributed by atoms with Crippen LogP contribution in [0, 0.1) is 6.92 Å². The van der Waals surface area contributed by atoms with E-state index in [2.05, 4.69) is 56.9 Å². The van der Waals surface area contributed by atoms with Crippen molar-refractivity contribution in [2.24, 2.45) is 7.05 Å². The third kappa shape index (κ3) is 3.98. The summed E-state index contributed by atoms with van der Waals surface area (Å²) in [6.07, 6.45) is 0.514. The van der Waals surface area contributed by atoms with E-state index in [0.717, 1.165) is 25.3 Å². The summed E-state index contributed by atoms with van der Waals surface area (Å²) in [5.41, 5.74) is 2.51. The maximum Gasteiger partial charge on any atom is 0.131 e. The standard InChI is InChI=1S/C16H30N4O/c1-11-9-20(10-12(2)21-11)15-14(8-17-16(4,5)6)13(3)18-19(15)7/h11-12,17H,8-10H2,1-7H3/t11-,12+. The predicted molar refractivity (Wildman–Crippen MR) is 86.8 cm³/mol. The number of aromatic nitrogens is 2. The normalized spacial score (nSPS) is 23.7. The van der Waals surface area contributed by atoms with Gasteiger partial charge in [-0.05, 0) is 41.5 Å². The topological polar surface area (TPSA) is 42.3 Å². The summed E-state index contributed by atoms with van der Waals surface area (Å²) in [5, 5.41) is 8.21. The van der Waals surface area contributed by atoms with E-state index in [1.165, 1.54) is 11.4 Å². The minimum Gasteiger partial charge on any atom is -0.372 e. The zero-order valence-corrected chi connectivity index (χ0v) is 14.5. The average molecular weight is 294 g/mol. The summed E-state index contributed by atoms with van der Waals surface area (Å²) in [6, 6.07) is 0. The van der Waals surface area contributed by atoms with Gasteiger partial charge in [0.05, 0.1) is 17.9 Å². The lowest BCUT2D eigenvalue weighted by Crippen LogP contribution is -2.46. The number of anilines is 1. The van der Waals surface area contributed by atoms with Crippen molar-refractivity contribution in [2.45, 2.75) is 65.8 Å². The zero-order chi connectivity index (χ0) is 15.8. The molecule has 1 aliphatic rings. The highest BCUT2D eigenvalue weighted by Crippen LogP contribution is 2.26. The Hall–Kier alpha value is -1.07. The van der Waals surface area contributed by atoms with Gasteiger partial charge in [-0.15, -0.1) is 0 Å². The second kappa shape index (κ2) is 5.97. The van der Waals surface area contributed by atoms with E-state index in [1.54, 1.807) is 0 Å². The molecule has 1 N–H and O–H groups in total. The summed E-state index contributed by atoms with van der Waals surface area (Å²) < 4.78 is 7.87. The first-order chi connectivity index (χ1) is 9.67. The molecular formula is C16H30N4O. The Morgan fingerprint density at radius 3 is 2.33 bits per heavy atom. The highest BCUT2D eigenvalue weighted by atomic mass is 16.5. The lowest BCUT2D eigenvalue weighted by molar-refractivity contribution is -0.00570. The molecule has 1 aromatic rings. The van der Waals surface area contributed by atoms with Crippen molar-refractivity contribution in [3.05, 3.63) is 11.3 Å². The van der Waals surface area contributed by atoms with Gasteiger partial charge in [0.1, 0.15) is 5.82 Å². The Bertz CT molecular complexity index is 479. The van der Waals surface area contributed by atoms with E-state index in [1.807, 2.05) is 11.7 Å². The third-order valence-electron chi connectivity index (χ3n) is 3.83. The summed E-state index contributed by atoms with van der Waals surface area (Å²) in [7, 11) is 2.04. The minimum atomic E-state index is 0.102.